The van der Waals surface area contributed by atoms with Crippen LogP contribution in [0.25, 0.3) is 11.3 Å². The third kappa shape index (κ3) is 2.88. The predicted octanol–water partition coefficient (Wildman–Crippen LogP) is 3.06. The van der Waals surface area contributed by atoms with E-state index in [2.05, 4.69) is 4.90 Å². The Morgan fingerprint density at radius 1 is 1.14 bits per heavy atom. The molecule has 5 heteroatoms. The second-order valence-corrected chi connectivity index (χ2v) is 5.47. The quantitative estimate of drug-likeness (QED) is 0.879. The van der Waals surface area contributed by atoms with Crippen LogP contribution in [0, 0.1) is 5.92 Å². The number of rotatable bonds is 4. The van der Waals surface area contributed by atoms with Crippen molar-refractivity contribution in [3.05, 3.63) is 42.2 Å². The first kappa shape index (κ1) is 14.4. The zero-order chi connectivity index (χ0) is 15.5. The zero-order valence-electron chi connectivity index (χ0n) is 12.1. The van der Waals surface area contributed by atoms with E-state index < -0.39 is 5.97 Å². The molecule has 0 atom stereocenters. The van der Waals surface area contributed by atoms with Crippen LogP contribution in [0.2, 0.25) is 0 Å². The first-order valence-corrected chi connectivity index (χ1v) is 7.30. The summed E-state index contributed by atoms with van der Waals surface area (Å²) in [6.07, 6.45) is 2.04. The number of nitrogens with zero attached hydrogens (tertiary/aromatic N) is 1. The summed E-state index contributed by atoms with van der Waals surface area (Å²) in [6.45, 7) is 1.51. The number of aldehydes is 1. The Morgan fingerprint density at radius 2 is 1.82 bits per heavy atom. The van der Waals surface area contributed by atoms with Crippen LogP contribution in [0.4, 0.5) is 5.69 Å². The molecule has 1 aliphatic heterocycles. The zero-order valence-corrected chi connectivity index (χ0v) is 12.1. The maximum Gasteiger partial charge on any atom is 0.306 e. The van der Waals surface area contributed by atoms with Gasteiger partial charge in [0.25, 0.3) is 0 Å². The van der Waals surface area contributed by atoms with Crippen LogP contribution in [0.5, 0.6) is 0 Å². The lowest BCUT2D eigenvalue weighted by molar-refractivity contribution is -0.142. The van der Waals surface area contributed by atoms with Crippen molar-refractivity contribution in [3.8, 4) is 11.3 Å². The molecule has 0 saturated carbocycles. The molecule has 0 bridgehead atoms. The minimum absolute atomic E-state index is 0.222. The van der Waals surface area contributed by atoms with Gasteiger partial charge >= 0.3 is 5.97 Å². The lowest BCUT2D eigenvalue weighted by Crippen LogP contribution is -2.36. The average Bonchev–Trinajstić information content (AvgIpc) is 3.04. The van der Waals surface area contributed by atoms with Gasteiger partial charge in [-0.2, -0.15) is 0 Å². The molecule has 5 nitrogen and oxygen atoms in total. The van der Waals surface area contributed by atoms with Gasteiger partial charge in [-0.25, -0.2) is 0 Å². The number of carboxylic acids is 1. The van der Waals surface area contributed by atoms with Crippen LogP contribution >= 0.6 is 0 Å². The van der Waals surface area contributed by atoms with Gasteiger partial charge in [0.1, 0.15) is 5.76 Å². The van der Waals surface area contributed by atoms with Crippen LogP contribution in [0.15, 0.2) is 40.8 Å². The van der Waals surface area contributed by atoms with E-state index >= 15 is 0 Å². The first-order valence-electron chi connectivity index (χ1n) is 7.30. The highest BCUT2D eigenvalue weighted by atomic mass is 16.4. The smallest absolute Gasteiger partial charge is 0.306 e. The van der Waals surface area contributed by atoms with Gasteiger partial charge in [-0.15, -0.1) is 0 Å². The fourth-order valence-corrected chi connectivity index (χ4v) is 2.79. The second kappa shape index (κ2) is 6.05. The Morgan fingerprint density at radius 3 is 2.36 bits per heavy atom. The van der Waals surface area contributed by atoms with Crippen molar-refractivity contribution in [2.75, 3.05) is 18.0 Å². The van der Waals surface area contributed by atoms with Gasteiger partial charge in [-0.05, 0) is 49.2 Å². The molecule has 0 spiro atoms. The molecule has 2 aromatic rings. The fourth-order valence-electron chi connectivity index (χ4n) is 2.79. The molecular weight excluding hydrogens is 282 g/mol. The summed E-state index contributed by atoms with van der Waals surface area (Å²) in [4.78, 5) is 23.8. The van der Waals surface area contributed by atoms with Crippen molar-refractivity contribution in [1.82, 2.24) is 0 Å². The van der Waals surface area contributed by atoms with Crippen molar-refractivity contribution in [2.24, 2.45) is 5.92 Å². The highest BCUT2D eigenvalue weighted by Crippen LogP contribution is 2.27. The summed E-state index contributed by atoms with van der Waals surface area (Å²) in [5, 5.41) is 9.03. The highest BCUT2D eigenvalue weighted by Gasteiger charge is 2.24. The third-order valence-corrected chi connectivity index (χ3v) is 4.10. The molecule has 3 rings (SSSR count). The molecule has 0 amide bonds. The highest BCUT2D eigenvalue weighted by molar-refractivity contribution is 5.73. The van der Waals surface area contributed by atoms with Crippen molar-refractivity contribution >= 4 is 17.9 Å². The molecule has 1 saturated heterocycles. The van der Waals surface area contributed by atoms with E-state index in [1.165, 1.54) is 0 Å². The van der Waals surface area contributed by atoms with Crippen LogP contribution < -0.4 is 4.90 Å². The topological polar surface area (TPSA) is 70.8 Å². The molecule has 1 aromatic carbocycles. The standard InChI is InChI=1S/C17H17NO4/c19-11-15-5-6-16(22-15)12-1-3-14(4-2-12)18-9-7-13(8-10-18)17(20)21/h1-6,11,13H,7-10H2,(H,20,21). The summed E-state index contributed by atoms with van der Waals surface area (Å²) in [6, 6.07) is 11.3. The van der Waals surface area contributed by atoms with E-state index in [0.29, 0.717) is 30.6 Å². The van der Waals surface area contributed by atoms with Gasteiger partial charge < -0.3 is 14.4 Å². The van der Waals surface area contributed by atoms with Gasteiger partial charge in [0, 0.05) is 24.3 Å². The number of benzene rings is 1. The minimum atomic E-state index is -0.696. The molecule has 114 valence electrons. The van der Waals surface area contributed by atoms with Crippen LogP contribution in [0.1, 0.15) is 23.4 Å². The van der Waals surface area contributed by atoms with E-state index in [0.717, 1.165) is 24.3 Å². The van der Waals surface area contributed by atoms with Crippen molar-refractivity contribution in [1.29, 1.82) is 0 Å². The number of furan rings is 1. The molecule has 1 fully saturated rings. The largest absolute Gasteiger partial charge is 0.481 e. The molecule has 0 radical (unpaired) electrons. The van der Waals surface area contributed by atoms with Crippen LogP contribution in [0.3, 0.4) is 0 Å². The number of carbonyl (C=O) groups is 2. The number of hydrogen-bond acceptors (Lipinski definition) is 4. The maximum atomic E-state index is 11.0. The van der Waals surface area contributed by atoms with Gasteiger partial charge in [0.2, 0.25) is 0 Å². The van der Waals surface area contributed by atoms with E-state index in [4.69, 9.17) is 9.52 Å². The molecule has 22 heavy (non-hydrogen) atoms. The van der Waals surface area contributed by atoms with E-state index in [9.17, 15) is 9.59 Å². The van der Waals surface area contributed by atoms with Gasteiger partial charge in [0.15, 0.2) is 12.0 Å². The SMILES string of the molecule is O=Cc1ccc(-c2ccc(N3CCC(C(=O)O)CC3)cc2)o1. The number of carbonyl (C=O) groups excluding carboxylic acids is 1. The normalized spacial score (nSPS) is 15.7. The van der Waals surface area contributed by atoms with Crippen molar-refractivity contribution in [2.45, 2.75) is 12.8 Å². The maximum absolute atomic E-state index is 11.0. The van der Waals surface area contributed by atoms with E-state index in [1.807, 2.05) is 24.3 Å². The second-order valence-electron chi connectivity index (χ2n) is 5.47. The Balaban J connectivity index is 1.69. The van der Waals surface area contributed by atoms with Crippen LogP contribution in [-0.2, 0) is 4.79 Å². The molecule has 0 aliphatic carbocycles. The number of piperidine rings is 1. The Labute approximate surface area is 128 Å². The molecule has 1 aliphatic rings. The Kier molecular flexibility index (Phi) is 3.96. The van der Waals surface area contributed by atoms with Crippen molar-refractivity contribution in [3.63, 3.8) is 0 Å². The van der Waals surface area contributed by atoms with E-state index in [-0.39, 0.29) is 5.92 Å². The Hall–Kier alpha value is -2.56. The lowest BCUT2D eigenvalue weighted by atomic mass is 9.96. The number of aliphatic carboxylic acids is 1. The summed E-state index contributed by atoms with van der Waals surface area (Å²) >= 11 is 0. The number of hydrogen-bond donors (Lipinski definition) is 1. The number of anilines is 1. The lowest BCUT2D eigenvalue weighted by Gasteiger charge is -2.32. The predicted molar refractivity (Wildman–Crippen MR) is 82.1 cm³/mol. The average molecular weight is 299 g/mol. The van der Waals surface area contributed by atoms with E-state index in [1.54, 1.807) is 12.1 Å². The first-order chi connectivity index (χ1) is 10.7. The molecule has 2 heterocycles. The molecule has 0 unspecified atom stereocenters. The third-order valence-electron chi connectivity index (χ3n) is 4.10. The summed E-state index contributed by atoms with van der Waals surface area (Å²) in [7, 11) is 0. The minimum Gasteiger partial charge on any atom is -0.481 e. The summed E-state index contributed by atoms with van der Waals surface area (Å²) in [5.74, 6) is 0.0623. The van der Waals surface area contributed by atoms with Gasteiger partial charge in [-0.1, -0.05) is 0 Å². The number of carboxylic acid groups (broad SMARTS) is 1. The monoisotopic (exact) mass is 299 g/mol. The molecule has 1 N–H and O–H groups in total. The summed E-state index contributed by atoms with van der Waals surface area (Å²) in [5.41, 5.74) is 1.99. The summed E-state index contributed by atoms with van der Waals surface area (Å²) < 4.78 is 5.40. The molecular formula is C17H17NO4. The van der Waals surface area contributed by atoms with Crippen molar-refractivity contribution < 1.29 is 19.1 Å². The molecule has 1 aromatic heterocycles. The van der Waals surface area contributed by atoms with Gasteiger partial charge in [-0.3, -0.25) is 9.59 Å². The van der Waals surface area contributed by atoms with Crippen LogP contribution in [-0.4, -0.2) is 30.5 Å². The fraction of sp³-hybridized carbons (Fsp3) is 0.294. The van der Waals surface area contributed by atoms with Gasteiger partial charge in [0.05, 0.1) is 5.92 Å². The Bertz CT molecular complexity index is 666.